The lowest BCUT2D eigenvalue weighted by atomic mass is 9.99. The van der Waals surface area contributed by atoms with Gasteiger partial charge in [-0.3, -0.25) is 4.79 Å². The van der Waals surface area contributed by atoms with Crippen molar-refractivity contribution in [3.63, 3.8) is 0 Å². The summed E-state index contributed by atoms with van der Waals surface area (Å²) in [6.07, 6.45) is 25.5. The molecular formula is C41H77NO9. The zero-order valence-electron chi connectivity index (χ0n) is 32.2. The fourth-order valence-electron chi connectivity index (χ4n) is 6.41. The molecule has 0 aliphatic carbocycles. The summed E-state index contributed by atoms with van der Waals surface area (Å²) in [4.78, 5) is 13.0. The van der Waals surface area contributed by atoms with Gasteiger partial charge in [-0.2, -0.15) is 0 Å². The minimum absolute atomic E-state index is 0.306. The van der Waals surface area contributed by atoms with Gasteiger partial charge in [0.1, 0.15) is 30.5 Å². The first-order chi connectivity index (χ1) is 24.8. The van der Waals surface area contributed by atoms with Crippen LogP contribution in [-0.2, 0) is 14.3 Å². The Morgan fingerprint density at radius 1 is 0.667 bits per heavy atom. The molecule has 8 unspecified atom stereocenters. The Labute approximate surface area is 310 Å². The number of ether oxygens (including phenoxy) is 2. The Morgan fingerprint density at radius 2 is 1.16 bits per heavy atom. The predicted molar refractivity (Wildman–Crippen MR) is 204 cm³/mol. The summed E-state index contributed by atoms with van der Waals surface area (Å²) < 4.78 is 11.1. The van der Waals surface area contributed by atoms with Crippen LogP contribution in [0.25, 0.3) is 0 Å². The van der Waals surface area contributed by atoms with Gasteiger partial charge in [-0.15, -0.1) is 0 Å². The molecule has 0 bridgehead atoms. The van der Waals surface area contributed by atoms with Gasteiger partial charge in [0.05, 0.1) is 25.4 Å². The van der Waals surface area contributed by atoms with Gasteiger partial charge in [-0.25, -0.2) is 0 Å². The Balaban J connectivity index is 2.52. The van der Waals surface area contributed by atoms with Crippen molar-refractivity contribution in [1.29, 1.82) is 0 Å². The van der Waals surface area contributed by atoms with Crippen LogP contribution in [0, 0.1) is 0 Å². The molecule has 51 heavy (non-hydrogen) atoms. The van der Waals surface area contributed by atoms with Crippen molar-refractivity contribution in [3.05, 3.63) is 24.3 Å². The number of amides is 1. The number of aliphatic hydroxyl groups is 6. The van der Waals surface area contributed by atoms with Gasteiger partial charge in [0.15, 0.2) is 6.29 Å². The van der Waals surface area contributed by atoms with Gasteiger partial charge in [0, 0.05) is 0 Å². The number of rotatable bonds is 33. The minimum Gasteiger partial charge on any atom is -0.394 e. The molecule has 7 N–H and O–H groups in total. The first kappa shape index (κ1) is 47.7. The van der Waals surface area contributed by atoms with E-state index in [-0.39, 0.29) is 6.61 Å². The number of nitrogens with one attached hydrogen (secondary N) is 1. The molecule has 0 aromatic rings. The molecule has 0 saturated carbocycles. The number of carbonyl (C=O) groups is 1. The summed E-state index contributed by atoms with van der Waals surface area (Å²) in [6, 6.07) is -0.991. The fraction of sp³-hybridized carbons (Fsp3) is 0.878. The third-order valence-corrected chi connectivity index (χ3v) is 9.89. The monoisotopic (exact) mass is 728 g/mol. The highest BCUT2D eigenvalue weighted by molar-refractivity contribution is 5.80. The Hall–Kier alpha value is -1.37. The molecule has 1 aliphatic heterocycles. The van der Waals surface area contributed by atoms with Crippen LogP contribution in [-0.4, -0.2) is 98.7 Å². The van der Waals surface area contributed by atoms with Crippen LogP contribution in [0.5, 0.6) is 0 Å². The van der Waals surface area contributed by atoms with E-state index in [1.165, 1.54) is 103 Å². The second kappa shape index (κ2) is 32.1. The zero-order chi connectivity index (χ0) is 37.5. The van der Waals surface area contributed by atoms with Gasteiger partial charge < -0.3 is 45.4 Å². The molecule has 1 amide bonds. The van der Waals surface area contributed by atoms with Crippen LogP contribution in [0.15, 0.2) is 24.3 Å². The largest absolute Gasteiger partial charge is 0.394 e. The predicted octanol–water partition coefficient (Wildman–Crippen LogP) is 6.52. The number of hydrogen-bond acceptors (Lipinski definition) is 9. The fourth-order valence-corrected chi connectivity index (χ4v) is 6.41. The quantitative estimate of drug-likeness (QED) is 0.0294. The molecule has 10 nitrogen and oxygen atoms in total. The minimum atomic E-state index is -1.61. The number of aliphatic hydroxyl groups excluding tert-OH is 6. The van der Waals surface area contributed by atoms with Crippen molar-refractivity contribution in [1.82, 2.24) is 5.32 Å². The lowest BCUT2D eigenvalue weighted by molar-refractivity contribution is -0.302. The molecule has 300 valence electrons. The molecule has 10 heteroatoms. The van der Waals surface area contributed by atoms with Crippen LogP contribution < -0.4 is 5.32 Å². The SMILES string of the molecule is CCCCCCCCCC/C=C/CC/C=C/C(O)C(COC1OC(CO)C(O)C(O)C1O)NC(=O)C(O)CCCCCCCCCCCCCC. The summed E-state index contributed by atoms with van der Waals surface area (Å²) >= 11 is 0. The number of unbranched alkanes of at least 4 members (excludes halogenated alkanes) is 20. The topological polar surface area (TPSA) is 169 Å². The second-order valence-electron chi connectivity index (χ2n) is 14.6. The van der Waals surface area contributed by atoms with E-state index in [0.29, 0.717) is 19.3 Å². The maximum Gasteiger partial charge on any atom is 0.249 e. The molecule has 1 heterocycles. The number of hydrogen-bond donors (Lipinski definition) is 7. The van der Waals surface area contributed by atoms with Crippen LogP contribution in [0.2, 0.25) is 0 Å². The normalized spacial score (nSPS) is 22.9. The molecule has 1 fully saturated rings. The highest BCUT2D eigenvalue weighted by Crippen LogP contribution is 2.22. The van der Waals surface area contributed by atoms with Crippen molar-refractivity contribution in [2.24, 2.45) is 0 Å². The third-order valence-electron chi connectivity index (χ3n) is 9.89. The molecule has 8 atom stereocenters. The van der Waals surface area contributed by atoms with Crippen LogP contribution in [0.1, 0.15) is 168 Å². The van der Waals surface area contributed by atoms with Crippen molar-refractivity contribution in [2.45, 2.75) is 217 Å². The lowest BCUT2D eigenvalue weighted by Gasteiger charge is -2.40. The van der Waals surface area contributed by atoms with Gasteiger partial charge in [0.2, 0.25) is 5.91 Å². The first-order valence-electron chi connectivity index (χ1n) is 20.7. The van der Waals surface area contributed by atoms with E-state index in [9.17, 15) is 35.4 Å². The lowest BCUT2D eigenvalue weighted by Crippen LogP contribution is -2.60. The van der Waals surface area contributed by atoms with Crippen molar-refractivity contribution in [2.75, 3.05) is 13.2 Å². The molecule has 1 aliphatic rings. The summed E-state index contributed by atoms with van der Waals surface area (Å²) in [5, 5.41) is 64.3. The Kier molecular flexibility index (Phi) is 30.0. The van der Waals surface area contributed by atoms with Gasteiger partial charge >= 0.3 is 0 Å². The van der Waals surface area contributed by atoms with E-state index in [4.69, 9.17) is 9.47 Å². The third kappa shape index (κ3) is 23.1. The van der Waals surface area contributed by atoms with E-state index in [1.807, 2.05) is 6.08 Å². The van der Waals surface area contributed by atoms with Crippen molar-refractivity contribution >= 4 is 5.91 Å². The van der Waals surface area contributed by atoms with E-state index >= 15 is 0 Å². The smallest absolute Gasteiger partial charge is 0.249 e. The second-order valence-corrected chi connectivity index (χ2v) is 14.6. The highest BCUT2D eigenvalue weighted by atomic mass is 16.7. The van der Waals surface area contributed by atoms with E-state index in [1.54, 1.807) is 6.08 Å². The van der Waals surface area contributed by atoms with Crippen molar-refractivity contribution in [3.8, 4) is 0 Å². The van der Waals surface area contributed by atoms with Gasteiger partial charge in [-0.1, -0.05) is 160 Å². The van der Waals surface area contributed by atoms with Gasteiger partial charge in [-0.05, 0) is 32.1 Å². The maximum atomic E-state index is 13.0. The Bertz CT molecular complexity index is 870. The summed E-state index contributed by atoms with van der Waals surface area (Å²) in [5.74, 6) is -0.628. The Morgan fingerprint density at radius 3 is 1.71 bits per heavy atom. The molecular weight excluding hydrogens is 650 g/mol. The highest BCUT2D eigenvalue weighted by Gasteiger charge is 2.44. The van der Waals surface area contributed by atoms with Crippen LogP contribution in [0.4, 0.5) is 0 Å². The summed E-state index contributed by atoms with van der Waals surface area (Å²) in [7, 11) is 0. The van der Waals surface area contributed by atoms with Crippen LogP contribution in [0.3, 0.4) is 0 Å². The average molecular weight is 728 g/mol. The summed E-state index contributed by atoms with van der Waals surface area (Å²) in [5.41, 5.74) is 0. The standard InChI is InChI=1S/C41H77NO9/c1-3-5-7-9-11-13-15-17-18-20-21-23-25-27-29-34(44)33(32-50-41-39(48)38(47)37(46)36(31-43)51-41)42-40(49)35(45)30-28-26-24-22-19-16-14-12-10-8-6-4-2/h20-21,27,29,33-39,41,43-48H,3-19,22-26,28,30-32H2,1-2H3,(H,42,49)/b21-20+,29-27+. The van der Waals surface area contributed by atoms with Gasteiger partial charge in [0.25, 0.3) is 0 Å². The number of carbonyl (C=O) groups excluding carboxylic acids is 1. The molecule has 0 spiro atoms. The first-order valence-corrected chi connectivity index (χ1v) is 20.7. The van der Waals surface area contributed by atoms with Crippen molar-refractivity contribution < 1.29 is 44.9 Å². The number of allylic oxidation sites excluding steroid dienone is 3. The summed E-state index contributed by atoms with van der Waals surface area (Å²) in [6.45, 7) is 3.55. The van der Waals surface area contributed by atoms with E-state index < -0.39 is 61.5 Å². The molecule has 1 saturated heterocycles. The molecule has 0 aromatic heterocycles. The zero-order valence-corrected chi connectivity index (χ0v) is 32.2. The maximum absolute atomic E-state index is 13.0. The molecule has 0 radical (unpaired) electrons. The molecule has 1 rings (SSSR count). The molecule has 0 aromatic carbocycles. The van der Waals surface area contributed by atoms with Crippen LogP contribution >= 0.6 is 0 Å². The van der Waals surface area contributed by atoms with E-state index in [2.05, 4.69) is 31.3 Å². The average Bonchev–Trinajstić information content (AvgIpc) is 3.13. The van der Waals surface area contributed by atoms with E-state index in [0.717, 1.165) is 32.1 Å².